The summed E-state index contributed by atoms with van der Waals surface area (Å²) in [5, 5.41) is 2.91. The standard InChI is InChI=1S/C24H36F3N5O3/c1-15(2)23(8-7-17(14-23)30-21(34)35-22(4,5)6)20(33)32-11-9-31(10-12-32)19-13-18(24(25,26)27)28-16(3)29-19/h13,15,17H,7-12,14H2,1-6H3,(H,30,34)/t17-,23+/m1/s1. The fourth-order valence-corrected chi connectivity index (χ4v) is 4.95. The fourth-order valence-electron chi connectivity index (χ4n) is 4.95. The average Bonchev–Trinajstić information content (AvgIpc) is 3.16. The minimum atomic E-state index is -4.55. The highest BCUT2D eigenvalue weighted by Gasteiger charge is 2.50. The Labute approximate surface area is 204 Å². The maximum Gasteiger partial charge on any atom is 0.433 e. The third-order valence-corrected chi connectivity index (χ3v) is 6.81. The molecule has 11 heteroatoms. The molecule has 0 spiro atoms. The van der Waals surface area contributed by atoms with Crippen molar-refractivity contribution >= 4 is 17.8 Å². The molecule has 0 radical (unpaired) electrons. The molecule has 8 nitrogen and oxygen atoms in total. The molecule has 1 saturated heterocycles. The zero-order chi connectivity index (χ0) is 26.2. The number of aryl methyl sites for hydroxylation is 1. The summed E-state index contributed by atoms with van der Waals surface area (Å²) in [6.07, 6.45) is -3.16. The van der Waals surface area contributed by atoms with Crippen LogP contribution in [-0.4, -0.2) is 64.7 Å². The normalized spacial score (nSPS) is 23.5. The van der Waals surface area contributed by atoms with Gasteiger partial charge in [0.15, 0.2) is 0 Å². The number of alkyl halides is 3. The minimum Gasteiger partial charge on any atom is -0.444 e. The Morgan fingerprint density at radius 1 is 1.14 bits per heavy atom. The first-order valence-electron chi connectivity index (χ1n) is 12.1. The Balaban J connectivity index is 1.66. The lowest BCUT2D eigenvalue weighted by Crippen LogP contribution is -2.54. The lowest BCUT2D eigenvalue weighted by atomic mass is 9.74. The number of piperazine rings is 1. The molecule has 2 atom stereocenters. The highest BCUT2D eigenvalue weighted by molar-refractivity contribution is 5.84. The molecule has 2 heterocycles. The summed E-state index contributed by atoms with van der Waals surface area (Å²) in [4.78, 5) is 37.2. The third-order valence-electron chi connectivity index (χ3n) is 6.81. The van der Waals surface area contributed by atoms with Gasteiger partial charge in [-0.1, -0.05) is 13.8 Å². The van der Waals surface area contributed by atoms with Gasteiger partial charge in [-0.25, -0.2) is 14.8 Å². The van der Waals surface area contributed by atoms with E-state index in [9.17, 15) is 22.8 Å². The number of hydrogen-bond acceptors (Lipinski definition) is 6. The number of alkyl carbamates (subject to hydrolysis) is 1. The SMILES string of the molecule is Cc1nc(N2CCN(C(=O)[C@@]3(C(C)C)CC[C@@H](NC(=O)OC(C)(C)C)C3)CC2)cc(C(F)(F)F)n1. The van der Waals surface area contributed by atoms with Crippen LogP contribution in [0.1, 0.15) is 65.4 Å². The molecule has 0 bridgehead atoms. The molecule has 1 saturated carbocycles. The van der Waals surface area contributed by atoms with E-state index in [1.807, 2.05) is 13.8 Å². The van der Waals surface area contributed by atoms with Crippen molar-refractivity contribution in [2.75, 3.05) is 31.1 Å². The maximum absolute atomic E-state index is 13.7. The number of nitrogens with one attached hydrogen (secondary N) is 1. The van der Waals surface area contributed by atoms with Crippen molar-refractivity contribution in [1.82, 2.24) is 20.2 Å². The van der Waals surface area contributed by atoms with Crippen LogP contribution < -0.4 is 10.2 Å². The lowest BCUT2D eigenvalue weighted by molar-refractivity contribution is -0.145. The van der Waals surface area contributed by atoms with Gasteiger partial charge in [-0.15, -0.1) is 0 Å². The van der Waals surface area contributed by atoms with Crippen molar-refractivity contribution in [3.8, 4) is 0 Å². The number of carbonyl (C=O) groups is 2. The highest BCUT2D eigenvalue weighted by Crippen LogP contribution is 2.46. The fraction of sp³-hybridized carbons (Fsp3) is 0.750. The Kier molecular flexibility index (Phi) is 7.57. The summed E-state index contributed by atoms with van der Waals surface area (Å²) >= 11 is 0. The van der Waals surface area contributed by atoms with E-state index in [1.165, 1.54) is 6.92 Å². The molecule has 1 aliphatic carbocycles. The zero-order valence-electron chi connectivity index (χ0n) is 21.3. The Bertz CT molecular complexity index is 939. The third kappa shape index (κ3) is 6.35. The van der Waals surface area contributed by atoms with Gasteiger partial charge in [0, 0.05) is 38.3 Å². The van der Waals surface area contributed by atoms with Gasteiger partial charge in [0.25, 0.3) is 0 Å². The van der Waals surface area contributed by atoms with Gasteiger partial charge in [-0.05, 0) is 52.9 Å². The van der Waals surface area contributed by atoms with E-state index in [-0.39, 0.29) is 29.5 Å². The molecule has 0 aromatic carbocycles. The van der Waals surface area contributed by atoms with Crippen molar-refractivity contribution in [1.29, 1.82) is 0 Å². The second kappa shape index (κ2) is 9.81. The average molecular weight is 500 g/mol. The predicted octanol–water partition coefficient (Wildman–Crippen LogP) is 4.17. The van der Waals surface area contributed by atoms with Crippen molar-refractivity contribution in [3.05, 3.63) is 17.6 Å². The van der Waals surface area contributed by atoms with Crippen LogP contribution in [0.25, 0.3) is 0 Å². The Morgan fingerprint density at radius 2 is 1.77 bits per heavy atom. The van der Waals surface area contributed by atoms with Crippen LogP contribution >= 0.6 is 0 Å². The molecule has 35 heavy (non-hydrogen) atoms. The number of rotatable bonds is 4. The van der Waals surface area contributed by atoms with Gasteiger partial charge in [0.05, 0.1) is 5.41 Å². The quantitative estimate of drug-likeness (QED) is 0.669. The molecular formula is C24H36F3N5O3. The number of hydrogen-bond donors (Lipinski definition) is 1. The molecule has 0 unspecified atom stereocenters. The second-order valence-corrected chi connectivity index (χ2v) is 10.8. The summed E-state index contributed by atoms with van der Waals surface area (Å²) in [6.45, 7) is 12.4. The molecular weight excluding hydrogens is 463 g/mol. The van der Waals surface area contributed by atoms with Gasteiger partial charge in [0.1, 0.15) is 22.9 Å². The molecule has 1 aliphatic heterocycles. The van der Waals surface area contributed by atoms with E-state index >= 15 is 0 Å². The Morgan fingerprint density at radius 3 is 2.31 bits per heavy atom. The first-order chi connectivity index (χ1) is 16.1. The van der Waals surface area contributed by atoms with E-state index < -0.39 is 29.0 Å². The van der Waals surface area contributed by atoms with Crippen LogP contribution in [0.3, 0.4) is 0 Å². The minimum absolute atomic E-state index is 0.0375. The first-order valence-corrected chi connectivity index (χ1v) is 12.1. The van der Waals surface area contributed by atoms with E-state index in [0.717, 1.165) is 6.07 Å². The molecule has 1 aromatic rings. The summed E-state index contributed by atoms with van der Waals surface area (Å²) in [5.41, 5.74) is -2.17. The van der Waals surface area contributed by atoms with Gasteiger partial charge in [-0.3, -0.25) is 4.79 Å². The smallest absolute Gasteiger partial charge is 0.433 e. The van der Waals surface area contributed by atoms with Crippen LogP contribution in [0.2, 0.25) is 0 Å². The Hall–Kier alpha value is -2.59. The summed E-state index contributed by atoms with van der Waals surface area (Å²) in [6, 6.07) is 0.812. The van der Waals surface area contributed by atoms with Gasteiger partial charge < -0.3 is 19.9 Å². The van der Waals surface area contributed by atoms with Crippen molar-refractivity contribution < 1.29 is 27.5 Å². The van der Waals surface area contributed by atoms with Gasteiger partial charge in [0.2, 0.25) is 5.91 Å². The molecule has 2 aliphatic rings. The van der Waals surface area contributed by atoms with Crippen LogP contribution in [0.15, 0.2) is 6.07 Å². The van der Waals surface area contributed by atoms with E-state index in [1.54, 1.807) is 30.6 Å². The number of aromatic nitrogens is 2. The van der Waals surface area contributed by atoms with E-state index in [2.05, 4.69) is 15.3 Å². The van der Waals surface area contributed by atoms with Crippen molar-refractivity contribution in [2.24, 2.45) is 11.3 Å². The highest BCUT2D eigenvalue weighted by atomic mass is 19.4. The van der Waals surface area contributed by atoms with Crippen molar-refractivity contribution in [3.63, 3.8) is 0 Å². The monoisotopic (exact) mass is 499 g/mol. The predicted molar refractivity (Wildman–Crippen MR) is 125 cm³/mol. The number of anilines is 1. The van der Waals surface area contributed by atoms with Gasteiger partial charge in [-0.2, -0.15) is 13.2 Å². The maximum atomic E-state index is 13.7. The number of ether oxygens (including phenoxy) is 1. The zero-order valence-corrected chi connectivity index (χ0v) is 21.3. The summed E-state index contributed by atoms with van der Waals surface area (Å²) in [7, 11) is 0. The van der Waals surface area contributed by atoms with E-state index in [0.29, 0.717) is 45.4 Å². The molecule has 196 valence electrons. The topological polar surface area (TPSA) is 87.7 Å². The van der Waals surface area contributed by atoms with Gasteiger partial charge >= 0.3 is 12.3 Å². The number of nitrogens with zero attached hydrogens (tertiary/aromatic N) is 4. The first kappa shape index (κ1) is 27.0. The van der Waals surface area contributed by atoms with Crippen LogP contribution in [0.4, 0.5) is 23.8 Å². The van der Waals surface area contributed by atoms with Crippen LogP contribution in [-0.2, 0) is 15.7 Å². The number of carbonyl (C=O) groups excluding carboxylic acids is 2. The largest absolute Gasteiger partial charge is 0.444 e. The summed E-state index contributed by atoms with van der Waals surface area (Å²) < 4.78 is 44.9. The molecule has 3 rings (SSSR count). The summed E-state index contributed by atoms with van der Waals surface area (Å²) in [5.74, 6) is 0.382. The molecule has 1 aromatic heterocycles. The molecule has 1 N–H and O–H groups in total. The van der Waals surface area contributed by atoms with E-state index in [4.69, 9.17) is 4.74 Å². The second-order valence-electron chi connectivity index (χ2n) is 10.8. The molecule has 2 fully saturated rings. The van der Waals surface area contributed by atoms with Crippen LogP contribution in [0.5, 0.6) is 0 Å². The van der Waals surface area contributed by atoms with Crippen molar-refractivity contribution in [2.45, 2.75) is 78.6 Å². The number of halogens is 3. The lowest BCUT2D eigenvalue weighted by Gasteiger charge is -2.42. The van der Waals surface area contributed by atoms with Crippen LogP contribution in [0, 0.1) is 18.3 Å². The number of amides is 2. The molecule has 2 amide bonds.